The van der Waals surface area contributed by atoms with Crippen LogP contribution in [0.3, 0.4) is 0 Å². The second kappa shape index (κ2) is 3.09. The topological polar surface area (TPSA) is 0 Å². The van der Waals surface area contributed by atoms with Gasteiger partial charge in [0, 0.05) is 0 Å². The van der Waals surface area contributed by atoms with E-state index in [1.165, 1.54) is 0 Å². The van der Waals surface area contributed by atoms with Crippen molar-refractivity contribution in [2.24, 2.45) is 0 Å². The van der Waals surface area contributed by atoms with Gasteiger partial charge in [-0.3, -0.25) is 0 Å². The fourth-order valence-electron chi connectivity index (χ4n) is 0.731. The number of hydrogen-bond acceptors (Lipinski definition) is 0. The second-order valence-electron chi connectivity index (χ2n) is 2.25. The summed E-state index contributed by atoms with van der Waals surface area (Å²) in [4.78, 5) is 0. The SMILES string of the molecule is CC(Cl)(I)c1ccccc1. The maximum atomic E-state index is 6.05. The molecule has 0 saturated heterocycles. The molecule has 0 N–H and O–H groups in total. The molecule has 0 aliphatic rings. The highest BCUT2D eigenvalue weighted by Crippen LogP contribution is 2.35. The van der Waals surface area contributed by atoms with Crippen LogP contribution in [-0.2, 0) is 2.88 Å². The zero-order chi connectivity index (χ0) is 7.61. The standard InChI is InChI=1S/C8H8ClI/c1-8(9,10)7-5-3-2-4-6-7/h2-6H,1H3. The van der Waals surface area contributed by atoms with E-state index >= 15 is 0 Å². The van der Waals surface area contributed by atoms with Crippen LogP contribution in [0.25, 0.3) is 0 Å². The van der Waals surface area contributed by atoms with Gasteiger partial charge < -0.3 is 0 Å². The van der Waals surface area contributed by atoms with Gasteiger partial charge in [0.05, 0.1) is 0 Å². The molecule has 2 heteroatoms. The first-order valence-corrected chi connectivity index (χ1v) is 4.50. The molecule has 0 saturated carbocycles. The van der Waals surface area contributed by atoms with E-state index in [-0.39, 0.29) is 2.88 Å². The number of hydrogen-bond donors (Lipinski definition) is 0. The summed E-state index contributed by atoms with van der Waals surface area (Å²) >= 11 is 8.25. The van der Waals surface area contributed by atoms with E-state index in [4.69, 9.17) is 11.6 Å². The van der Waals surface area contributed by atoms with Crippen LogP contribution in [-0.4, -0.2) is 0 Å². The second-order valence-corrected chi connectivity index (χ2v) is 5.81. The first kappa shape index (κ1) is 8.34. The van der Waals surface area contributed by atoms with Gasteiger partial charge >= 0.3 is 0 Å². The maximum Gasteiger partial charge on any atom is 0.118 e. The highest BCUT2D eigenvalue weighted by atomic mass is 127. The molecule has 1 atom stereocenters. The van der Waals surface area contributed by atoms with Gasteiger partial charge in [-0.2, -0.15) is 0 Å². The minimum absolute atomic E-state index is 0.265. The Morgan fingerprint density at radius 3 is 2.10 bits per heavy atom. The van der Waals surface area contributed by atoms with Crippen molar-refractivity contribution in [3.05, 3.63) is 35.9 Å². The smallest absolute Gasteiger partial charge is 0.103 e. The van der Waals surface area contributed by atoms with E-state index in [1.807, 2.05) is 37.3 Å². The fraction of sp³-hybridized carbons (Fsp3) is 0.250. The van der Waals surface area contributed by atoms with E-state index in [0.717, 1.165) is 5.56 Å². The fourth-order valence-corrected chi connectivity index (χ4v) is 1.22. The van der Waals surface area contributed by atoms with Gasteiger partial charge in [0.1, 0.15) is 2.88 Å². The number of alkyl halides is 2. The molecule has 0 bridgehead atoms. The van der Waals surface area contributed by atoms with E-state index in [1.54, 1.807) is 0 Å². The van der Waals surface area contributed by atoms with Crippen molar-refractivity contribution in [2.75, 3.05) is 0 Å². The van der Waals surface area contributed by atoms with Gasteiger partial charge in [0.2, 0.25) is 0 Å². The van der Waals surface area contributed by atoms with Crippen LogP contribution < -0.4 is 0 Å². The Morgan fingerprint density at radius 1 is 1.30 bits per heavy atom. The molecule has 0 aromatic heterocycles. The lowest BCUT2D eigenvalue weighted by Gasteiger charge is -2.12. The third-order valence-electron chi connectivity index (χ3n) is 1.28. The highest BCUT2D eigenvalue weighted by molar-refractivity contribution is 14.1. The lowest BCUT2D eigenvalue weighted by atomic mass is 10.2. The maximum absolute atomic E-state index is 6.05. The average Bonchev–Trinajstić information content (AvgIpc) is 1.88. The quantitative estimate of drug-likeness (QED) is 0.539. The van der Waals surface area contributed by atoms with Crippen LogP contribution in [0.2, 0.25) is 0 Å². The van der Waals surface area contributed by atoms with Gasteiger partial charge in [0.15, 0.2) is 0 Å². The van der Waals surface area contributed by atoms with Crippen LogP contribution in [0.15, 0.2) is 30.3 Å². The predicted octanol–water partition coefficient (Wildman–Crippen LogP) is 3.53. The van der Waals surface area contributed by atoms with E-state index < -0.39 is 0 Å². The number of halogens is 2. The Balaban J connectivity index is 2.97. The van der Waals surface area contributed by atoms with Crippen LogP contribution in [0.1, 0.15) is 12.5 Å². The summed E-state index contributed by atoms with van der Waals surface area (Å²) in [6.45, 7) is 1.98. The molecule has 10 heavy (non-hydrogen) atoms. The van der Waals surface area contributed by atoms with Crippen LogP contribution >= 0.6 is 34.2 Å². The van der Waals surface area contributed by atoms with Crippen molar-refractivity contribution in [1.29, 1.82) is 0 Å². The molecule has 54 valence electrons. The first-order valence-electron chi connectivity index (χ1n) is 3.04. The summed E-state index contributed by atoms with van der Waals surface area (Å²) in [5.41, 5.74) is 1.15. The Labute approximate surface area is 79.7 Å². The lowest BCUT2D eigenvalue weighted by Crippen LogP contribution is -2.01. The minimum atomic E-state index is -0.265. The zero-order valence-corrected chi connectivity index (χ0v) is 8.56. The third-order valence-corrected chi connectivity index (χ3v) is 2.12. The molecule has 0 heterocycles. The Hall–Kier alpha value is 0.240. The Morgan fingerprint density at radius 2 is 1.80 bits per heavy atom. The zero-order valence-electron chi connectivity index (χ0n) is 5.64. The molecule has 0 spiro atoms. The van der Waals surface area contributed by atoms with Gasteiger partial charge in [-0.1, -0.05) is 52.9 Å². The van der Waals surface area contributed by atoms with Crippen molar-refractivity contribution in [2.45, 2.75) is 9.80 Å². The van der Waals surface area contributed by atoms with E-state index in [2.05, 4.69) is 22.6 Å². The minimum Gasteiger partial charge on any atom is -0.103 e. The summed E-state index contributed by atoms with van der Waals surface area (Å²) in [6.07, 6.45) is 0. The van der Waals surface area contributed by atoms with Crippen molar-refractivity contribution >= 4 is 34.2 Å². The Bertz CT molecular complexity index is 200. The molecule has 0 radical (unpaired) electrons. The highest BCUT2D eigenvalue weighted by Gasteiger charge is 2.16. The van der Waals surface area contributed by atoms with Crippen molar-refractivity contribution in [3.63, 3.8) is 0 Å². The summed E-state index contributed by atoms with van der Waals surface area (Å²) in [6, 6.07) is 10.0. The van der Waals surface area contributed by atoms with Gasteiger partial charge in [-0.25, -0.2) is 0 Å². The van der Waals surface area contributed by atoms with Crippen LogP contribution in [0.5, 0.6) is 0 Å². The van der Waals surface area contributed by atoms with E-state index in [0.29, 0.717) is 0 Å². The molecule has 0 fully saturated rings. The third kappa shape index (κ3) is 2.13. The van der Waals surface area contributed by atoms with Gasteiger partial charge in [-0.15, -0.1) is 11.6 Å². The summed E-state index contributed by atoms with van der Waals surface area (Å²) in [5.74, 6) is 0. The largest absolute Gasteiger partial charge is 0.118 e. The lowest BCUT2D eigenvalue weighted by molar-refractivity contribution is 1.04. The molecular weight excluding hydrogens is 258 g/mol. The number of benzene rings is 1. The Kier molecular flexibility index (Phi) is 2.58. The number of rotatable bonds is 1. The monoisotopic (exact) mass is 266 g/mol. The van der Waals surface area contributed by atoms with Crippen molar-refractivity contribution < 1.29 is 0 Å². The van der Waals surface area contributed by atoms with Crippen LogP contribution in [0, 0.1) is 0 Å². The molecule has 0 aliphatic carbocycles. The molecular formula is C8H8ClI. The normalized spacial score (nSPS) is 16.3. The molecule has 0 aliphatic heterocycles. The van der Waals surface area contributed by atoms with Gasteiger partial charge in [-0.05, 0) is 12.5 Å². The van der Waals surface area contributed by atoms with E-state index in [9.17, 15) is 0 Å². The average molecular weight is 267 g/mol. The first-order chi connectivity index (χ1) is 4.61. The summed E-state index contributed by atoms with van der Waals surface area (Å²) < 4.78 is -0.265. The van der Waals surface area contributed by atoms with Crippen LogP contribution in [0.4, 0.5) is 0 Å². The molecule has 0 amide bonds. The molecule has 1 aromatic rings. The molecule has 1 aromatic carbocycles. The summed E-state index contributed by atoms with van der Waals surface area (Å²) in [5, 5.41) is 0. The molecule has 1 rings (SSSR count). The van der Waals surface area contributed by atoms with Crippen molar-refractivity contribution in [3.8, 4) is 0 Å². The summed E-state index contributed by atoms with van der Waals surface area (Å²) in [7, 11) is 0. The van der Waals surface area contributed by atoms with Crippen molar-refractivity contribution in [1.82, 2.24) is 0 Å². The molecule has 0 nitrogen and oxygen atoms in total. The molecule has 1 unspecified atom stereocenters. The van der Waals surface area contributed by atoms with Gasteiger partial charge in [0.25, 0.3) is 0 Å². The predicted molar refractivity (Wildman–Crippen MR) is 53.7 cm³/mol.